The molecule has 132 valence electrons. The molecule has 1 atom stereocenters. The molecule has 2 aromatic rings. The van der Waals surface area contributed by atoms with Crippen LogP contribution in [0.5, 0.6) is 0 Å². The van der Waals surface area contributed by atoms with E-state index in [4.69, 9.17) is 0 Å². The number of carbonyl (C=O) groups excluding carboxylic acids is 2. The predicted molar refractivity (Wildman–Crippen MR) is 98.3 cm³/mol. The monoisotopic (exact) mass is 339 g/mol. The van der Waals surface area contributed by atoms with Crippen LogP contribution in [-0.2, 0) is 16.1 Å². The van der Waals surface area contributed by atoms with Crippen LogP contribution >= 0.6 is 0 Å². The molecule has 2 heterocycles. The molecule has 2 amide bonds. The van der Waals surface area contributed by atoms with Gasteiger partial charge in [0.15, 0.2) is 0 Å². The zero-order valence-electron chi connectivity index (χ0n) is 15.1. The van der Waals surface area contributed by atoms with Crippen LogP contribution in [-0.4, -0.2) is 27.8 Å². The fourth-order valence-corrected chi connectivity index (χ4v) is 3.68. The summed E-state index contributed by atoms with van der Waals surface area (Å²) in [5.74, 6) is -0.369. The quantitative estimate of drug-likeness (QED) is 0.868. The van der Waals surface area contributed by atoms with Crippen molar-refractivity contribution in [2.45, 2.75) is 46.2 Å². The summed E-state index contributed by atoms with van der Waals surface area (Å²) in [7, 11) is 0. The number of hydrogen-bond donors (Lipinski definition) is 1. The summed E-state index contributed by atoms with van der Waals surface area (Å²) >= 11 is 0. The van der Waals surface area contributed by atoms with Crippen molar-refractivity contribution in [3.05, 3.63) is 53.3 Å². The molecule has 0 bridgehead atoms. The van der Waals surface area contributed by atoms with E-state index >= 15 is 0 Å². The van der Waals surface area contributed by atoms with Crippen molar-refractivity contribution >= 4 is 17.5 Å². The molecule has 0 aliphatic carbocycles. The van der Waals surface area contributed by atoms with E-state index in [2.05, 4.69) is 28.9 Å². The number of aromatic nitrogens is 1. The summed E-state index contributed by atoms with van der Waals surface area (Å²) in [5.41, 5.74) is 4.07. The number of fused-ring (bicyclic) bond motifs is 1. The molecule has 0 radical (unpaired) electrons. The van der Waals surface area contributed by atoms with Gasteiger partial charge in [0.1, 0.15) is 6.42 Å². The average Bonchev–Trinajstić information content (AvgIpc) is 3.01. The van der Waals surface area contributed by atoms with Gasteiger partial charge in [0.25, 0.3) is 0 Å². The van der Waals surface area contributed by atoms with Crippen LogP contribution in [0.2, 0.25) is 0 Å². The van der Waals surface area contributed by atoms with Crippen molar-refractivity contribution in [3.63, 3.8) is 0 Å². The second-order valence-electron chi connectivity index (χ2n) is 6.74. The van der Waals surface area contributed by atoms with E-state index in [0.29, 0.717) is 6.54 Å². The first-order valence-electron chi connectivity index (χ1n) is 8.80. The number of carbonyl (C=O) groups is 2. The lowest BCUT2D eigenvalue weighted by Gasteiger charge is -2.36. The van der Waals surface area contributed by atoms with Gasteiger partial charge < -0.3 is 14.8 Å². The minimum atomic E-state index is -0.259. The highest BCUT2D eigenvalue weighted by Gasteiger charge is 2.30. The second kappa shape index (κ2) is 7.13. The van der Waals surface area contributed by atoms with Gasteiger partial charge in [-0.2, -0.15) is 0 Å². The van der Waals surface area contributed by atoms with E-state index in [9.17, 15) is 9.59 Å². The first-order valence-corrected chi connectivity index (χ1v) is 8.80. The third-order valence-electron chi connectivity index (χ3n) is 4.69. The van der Waals surface area contributed by atoms with Crippen molar-refractivity contribution in [2.75, 3.05) is 11.9 Å². The van der Waals surface area contributed by atoms with E-state index in [1.165, 1.54) is 0 Å². The van der Waals surface area contributed by atoms with E-state index in [0.717, 1.165) is 35.5 Å². The number of nitrogens with one attached hydrogen (secondary N) is 1. The molecule has 5 nitrogen and oxygen atoms in total. The summed E-state index contributed by atoms with van der Waals surface area (Å²) in [6, 6.07) is 10.00. The standard InChI is InChI=1S/C20H25N3O2/c1-4-17-18-6-5-7-22(18)8-9-23(17)20(25)13-19(24)21-16-11-14(2)10-15(3)12-16/h5-7,10-12,17H,4,8-9,13H2,1-3H3,(H,21,24)/t17-/m0/s1. The van der Waals surface area contributed by atoms with Crippen molar-refractivity contribution in [1.82, 2.24) is 9.47 Å². The van der Waals surface area contributed by atoms with Crippen molar-refractivity contribution in [3.8, 4) is 0 Å². The van der Waals surface area contributed by atoms with Gasteiger partial charge >= 0.3 is 0 Å². The lowest BCUT2D eigenvalue weighted by atomic mass is 10.1. The molecule has 1 aliphatic rings. The van der Waals surface area contributed by atoms with Gasteiger partial charge in [-0.25, -0.2) is 0 Å². The van der Waals surface area contributed by atoms with Crippen LogP contribution in [0.1, 0.15) is 42.6 Å². The number of aryl methyl sites for hydroxylation is 2. The molecular weight excluding hydrogens is 314 g/mol. The molecule has 5 heteroatoms. The van der Waals surface area contributed by atoms with Gasteiger partial charge in [0.2, 0.25) is 11.8 Å². The Balaban J connectivity index is 1.66. The van der Waals surface area contributed by atoms with Gasteiger partial charge in [-0.3, -0.25) is 9.59 Å². The summed E-state index contributed by atoms with van der Waals surface area (Å²) < 4.78 is 2.19. The topological polar surface area (TPSA) is 54.3 Å². The molecule has 0 spiro atoms. The Morgan fingerprint density at radius 1 is 1.16 bits per heavy atom. The van der Waals surface area contributed by atoms with Crippen molar-refractivity contribution < 1.29 is 9.59 Å². The van der Waals surface area contributed by atoms with Gasteiger partial charge in [-0.05, 0) is 55.7 Å². The van der Waals surface area contributed by atoms with Crippen LogP contribution in [0.15, 0.2) is 36.5 Å². The molecular formula is C20H25N3O2. The van der Waals surface area contributed by atoms with Gasteiger partial charge in [0.05, 0.1) is 6.04 Å². The van der Waals surface area contributed by atoms with E-state index in [1.807, 2.05) is 43.1 Å². The average molecular weight is 339 g/mol. The van der Waals surface area contributed by atoms with Crippen molar-refractivity contribution in [2.24, 2.45) is 0 Å². The molecule has 1 aliphatic heterocycles. The Bertz CT molecular complexity index is 774. The smallest absolute Gasteiger partial charge is 0.233 e. The molecule has 0 saturated carbocycles. The number of hydrogen-bond acceptors (Lipinski definition) is 2. The minimum Gasteiger partial charge on any atom is -0.348 e. The van der Waals surface area contributed by atoms with E-state index in [1.54, 1.807) is 0 Å². The van der Waals surface area contributed by atoms with Gasteiger partial charge in [-0.15, -0.1) is 0 Å². The zero-order valence-corrected chi connectivity index (χ0v) is 15.1. The lowest BCUT2D eigenvalue weighted by molar-refractivity contribution is -0.137. The first kappa shape index (κ1) is 17.3. The maximum absolute atomic E-state index is 12.7. The molecule has 0 unspecified atom stereocenters. The molecule has 3 rings (SSSR count). The Morgan fingerprint density at radius 3 is 2.56 bits per heavy atom. The first-order chi connectivity index (χ1) is 12.0. The Kier molecular flexibility index (Phi) is 4.93. The summed E-state index contributed by atoms with van der Waals surface area (Å²) in [6.07, 6.45) is 2.77. The number of rotatable bonds is 4. The maximum Gasteiger partial charge on any atom is 0.233 e. The maximum atomic E-state index is 12.7. The molecule has 1 aromatic heterocycles. The number of nitrogens with zero attached hydrogens (tertiary/aromatic N) is 2. The minimum absolute atomic E-state index is 0.0465. The highest BCUT2D eigenvalue weighted by Crippen LogP contribution is 2.29. The Labute approximate surface area is 148 Å². The number of anilines is 1. The van der Waals surface area contributed by atoms with Gasteiger partial charge in [0, 0.05) is 30.7 Å². The second-order valence-corrected chi connectivity index (χ2v) is 6.74. The normalized spacial score (nSPS) is 16.4. The molecule has 1 aromatic carbocycles. The van der Waals surface area contributed by atoms with E-state index in [-0.39, 0.29) is 24.3 Å². The third-order valence-corrected chi connectivity index (χ3v) is 4.69. The predicted octanol–water partition coefficient (Wildman–Crippen LogP) is 3.43. The largest absolute Gasteiger partial charge is 0.348 e. The van der Waals surface area contributed by atoms with Crippen LogP contribution in [0.4, 0.5) is 5.69 Å². The molecule has 0 fully saturated rings. The highest BCUT2D eigenvalue weighted by atomic mass is 16.2. The Hall–Kier alpha value is -2.56. The molecule has 1 N–H and O–H groups in total. The van der Waals surface area contributed by atoms with Crippen LogP contribution in [0, 0.1) is 13.8 Å². The molecule has 0 saturated heterocycles. The van der Waals surface area contributed by atoms with Crippen LogP contribution < -0.4 is 5.32 Å². The summed E-state index contributed by atoms with van der Waals surface area (Å²) in [6.45, 7) is 7.48. The Morgan fingerprint density at radius 2 is 1.88 bits per heavy atom. The van der Waals surface area contributed by atoms with Crippen LogP contribution in [0.3, 0.4) is 0 Å². The fraction of sp³-hybridized carbons (Fsp3) is 0.400. The summed E-state index contributed by atoms with van der Waals surface area (Å²) in [5, 5.41) is 2.85. The third kappa shape index (κ3) is 3.76. The van der Waals surface area contributed by atoms with Crippen molar-refractivity contribution in [1.29, 1.82) is 0 Å². The number of benzene rings is 1. The fourth-order valence-electron chi connectivity index (χ4n) is 3.68. The number of amides is 2. The SMILES string of the molecule is CC[C@H]1c2cccn2CCN1C(=O)CC(=O)Nc1cc(C)cc(C)c1. The highest BCUT2D eigenvalue weighted by molar-refractivity contribution is 6.03. The summed E-state index contributed by atoms with van der Waals surface area (Å²) in [4.78, 5) is 26.8. The molecule has 25 heavy (non-hydrogen) atoms. The van der Waals surface area contributed by atoms with Gasteiger partial charge in [-0.1, -0.05) is 13.0 Å². The van der Waals surface area contributed by atoms with E-state index < -0.39 is 0 Å². The zero-order chi connectivity index (χ0) is 18.0. The van der Waals surface area contributed by atoms with Crippen LogP contribution in [0.25, 0.3) is 0 Å². The lowest BCUT2D eigenvalue weighted by Crippen LogP contribution is -2.42.